The highest BCUT2D eigenvalue weighted by Gasteiger charge is 2.03. The SMILES string of the molecule is C=CCSc1nnc(NCC(C)C)s1. The van der Waals surface area contributed by atoms with Crippen LogP contribution in [0, 0.1) is 5.92 Å². The second kappa shape index (κ2) is 6.03. The minimum absolute atomic E-state index is 0.628. The van der Waals surface area contributed by atoms with Gasteiger partial charge in [-0.05, 0) is 5.92 Å². The summed E-state index contributed by atoms with van der Waals surface area (Å²) in [7, 11) is 0. The summed E-state index contributed by atoms with van der Waals surface area (Å²) in [5, 5.41) is 12.3. The summed E-state index contributed by atoms with van der Waals surface area (Å²) in [4.78, 5) is 0. The Morgan fingerprint density at radius 3 is 3.00 bits per heavy atom. The van der Waals surface area contributed by atoms with Gasteiger partial charge in [-0.2, -0.15) is 0 Å². The molecule has 1 rings (SSSR count). The zero-order valence-electron chi connectivity index (χ0n) is 8.49. The molecule has 0 aliphatic carbocycles. The van der Waals surface area contributed by atoms with Crippen LogP contribution in [0.2, 0.25) is 0 Å². The number of nitrogens with zero attached hydrogens (tertiary/aromatic N) is 2. The molecule has 1 heterocycles. The molecule has 78 valence electrons. The normalized spacial score (nSPS) is 10.5. The van der Waals surface area contributed by atoms with Crippen molar-refractivity contribution in [1.82, 2.24) is 10.2 Å². The standard InChI is InChI=1S/C9H15N3S2/c1-4-5-13-9-12-11-8(14-9)10-6-7(2)3/h4,7H,1,5-6H2,2-3H3,(H,10,11). The van der Waals surface area contributed by atoms with E-state index in [0.717, 1.165) is 21.8 Å². The van der Waals surface area contributed by atoms with Crippen molar-refractivity contribution in [2.45, 2.75) is 18.2 Å². The molecule has 0 saturated carbocycles. The Labute approximate surface area is 93.0 Å². The fourth-order valence-corrected chi connectivity index (χ4v) is 2.28. The van der Waals surface area contributed by atoms with E-state index >= 15 is 0 Å². The molecular weight excluding hydrogens is 214 g/mol. The maximum atomic E-state index is 4.05. The predicted octanol–water partition coefficient (Wildman–Crippen LogP) is 2.88. The summed E-state index contributed by atoms with van der Waals surface area (Å²) in [5.41, 5.74) is 0. The van der Waals surface area contributed by atoms with Gasteiger partial charge in [-0.3, -0.25) is 0 Å². The van der Waals surface area contributed by atoms with Crippen LogP contribution in [0.4, 0.5) is 5.13 Å². The predicted molar refractivity (Wildman–Crippen MR) is 64.2 cm³/mol. The lowest BCUT2D eigenvalue weighted by Crippen LogP contribution is -2.07. The number of thioether (sulfide) groups is 1. The molecule has 1 aromatic rings. The summed E-state index contributed by atoms with van der Waals surface area (Å²) in [6, 6.07) is 0. The van der Waals surface area contributed by atoms with Crippen molar-refractivity contribution in [3.63, 3.8) is 0 Å². The first-order valence-corrected chi connectivity index (χ1v) is 6.33. The highest BCUT2D eigenvalue weighted by molar-refractivity contribution is 8.01. The first-order chi connectivity index (χ1) is 6.72. The van der Waals surface area contributed by atoms with E-state index in [2.05, 4.69) is 35.9 Å². The van der Waals surface area contributed by atoms with Crippen molar-refractivity contribution in [2.24, 2.45) is 5.92 Å². The molecule has 0 spiro atoms. The van der Waals surface area contributed by atoms with Crippen LogP contribution in [-0.4, -0.2) is 22.5 Å². The van der Waals surface area contributed by atoms with Crippen molar-refractivity contribution in [1.29, 1.82) is 0 Å². The Bertz CT molecular complexity index is 283. The van der Waals surface area contributed by atoms with Gasteiger partial charge in [-0.1, -0.05) is 43.0 Å². The highest BCUT2D eigenvalue weighted by Crippen LogP contribution is 2.25. The summed E-state index contributed by atoms with van der Waals surface area (Å²) in [6.45, 7) is 8.94. The molecule has 3 nitrogen and oxygen atoms in total. The molecule has 0 fully saturated rings. The first kappa shape index (κ1) is 11.5. The monoisotopic (exact) mass is 229 g/mol. The van der Waals surface area contributed by atoms with Crippen molar-refractivity contribution in [2.75, 3.05) is 17.6 Å². The number of nitrogens with one attached hydrogen (secondary N) is 1. The van der Waals surface area contributed by atoms with E-state index in [0.29, 0.717) is 5.92 Å². The van der Waals surface area contributed by atoms with Gasteiger partial charge in [0.15, 0.2) is 4.34 Å². The van der Waals surface area contributed by atoms with Crippen LogP contribution < -0.4 is 5.32 Å². The van der Waals surface area contributed by atoms with Crippen LogP contribution in [-0.2, 0) is 0 Å². The van der Waals surface area contributed by atoms with Crippen LogP contribution in [0.5, 0.6) is 0 Å². The molecule has 1 N–H and O–H groups in total. The maximum absolute atomic E-state index is 4.05. The van der Waals surface area contributed by atoms with Crippen LogP contribution in [0.15, 0.2) is 17.0 Å². The van der Waals surface area contributed by atoms with Gasteiger partial charge < -0.3 is 5.32 Å². The van der Waals surface area contributed by atoms with E-state index in [-0.39, 0.29) is 0 Å². The second-order valence-corrected chi connectivity index (χ2v) is 5.49. The highest BCUT2D eigenvalue weighted by atomic mass is 32.2. The molecule has 0 saturated heterocycles. The van der Waals surface area contributed by atoms with Gasteiger partial charge in [0, 0.05) is 12.3 Å². The van der Waals surface area contributed by atoms with Crippen molar-refractivity contribution in [3.05, 3.63) is 12.7 Å². The minimum atomic E-state index is 0.628. The molecule has 0 aromatic carbocycles. The lowest BCUT2D eigenvalue weighted by atomic mass is 10.2. The molecule has 0 unspecified atom stereocenters. The van der Waals surface area contributed by atoms with E-state index < -0.39 is 0 Å². The molecule has 0 amide bonds. The van der Waals surface area contributed by atoms with Crippen LogP contribution >= 0.6 is 23.1 Å². The van der Waals surface area contributed by atoms with E-state index in [9.17, 15) is 0 Å². The zero-order valence-corrected chi connectivity index (χ0v) is 10.1. The summed E-state index contributed by atoms with van der Waals surface area (Å²) in [6.07, 6.45) is 1.87. The van der Waals surface area contributed by atoms with Crippen molar-refractivity contribution in [3.8, 4) is 0 Å². The molecular formula is C9H15N3S2. The summed E-state index contributed by atoms with van der Waals surface area (Å²) in [5.74, 6) is 1.52. The zero-order chi connectivity index (χ0) is 10.4. The Morgan fingerprint density at radius 1 is 1.57 bits per heavy atom. The number of aromatic nitrogens is 2. The van der Waals surface area contributed by atoms with E-state index in [4.69, 9.17) is 0 Å². The molecule has 5 heteroatoms. The van der Waals surface area contributed by atoms with E-state index in [1.807, 2.05) is 6.08 Å². The summed E-state index contributed by atoms with van der Waals surface area (Å²) < 4.78 is 0.996. The first-order valence-electron chi connectivity index (χ1n) is 4.53. The lowest BCUT2D eigenvalue weighted by Gasteiger charge is -2.03. The van der Waals surface area contributed by atoms with E-state index in [1.54, 1.807) is 23.1 Å². The minimum Gasteiger partial charge on any atom is -0.360 e. The molecule has 0 bridgehead atoms. The van der Waals surface area contributed by atoms with Crippen LogP contribution in [0.25, 0.3) is 0 Å². The smallest absolute Gasteiger partial charge is 0.206 e. The molecule has 14 heavy (non-hydrogen) atoms. The maximum Gasteiger partial charge on any atom is 0.206 e. The number of hydrogen-bond acceptors (Lipinski definition) is 5. The number of anilines is 1. The van der Waals surface area contributed by atoms with Gasteiger partial charge in [0.2, 0.25) is 5.13 Å². The van der Waals surface area contributed by atoms with Gasteiger partial charge >= 0.3 is 0 Å². The van der Waals surface area contributed by atoms with Gasteiger partial charge in [0.05, 0.1) is 0 Å². The molecule has 0 radical (unpaired) electrons. The van der Waals surface area contributed by atoms with Crippen LogP contribution in [0.3, 0.4) is 0 Å². The second-order valence-electron chi connectivity index (χ2n) is 3.25. The fourth-order valence-electron chi connectivity index (χ4n) is 0.761. The molecule has 0 aliphatic heterocycles. The molecule has 0 atom stereocenters. The summed E-state index contributed by atoms with van der Waals surface area (Å²) >= 11 is 3.26. The quantitative estimate of drug-likeness (QED) is 0.601. The van der Waals surface area contributed by atoms with Gasteiger partial charge in [-0.15, -0.1) is 16.8 Å². The molecule has 0 aliphatic rings. The average Bonchev–Trinajstić information content (AvgIpc) is 2.59. The fraction of sp³-hybridized carbons (Fsp3) is 0.556. The van der Waals surface area contributed by atoms with Crippen molar-refractivity contribution >= 4 is 28.2 Å². The molecule has 1 aromatic heterocycles. The lowest BCUT2D eigenvalue weighted by molar-refractivity contribution is 0.687. The largest absolute Gasteiger partial charge is 0.360 e. The van der Waals surface area contributed by atoms with Crippen molar-refractivity contribution < 1.29 is 0 Å². The third-order valence-corrected chi connectivity index (χ3v) is 3.40. The van der Waals surface area contributed by atoms with E-state index in [1.165, 1.54) is 0 Å². The third-order valence-electron chi connectivity index (χ3n) is 1.39. The Hall–Kier alpha value is -0.550. The Morgan fingerprint density at radius 2 is 2.36 bits per heavy atom. The van der Waals surface area contributed by atoms with Gasteiger partial charge in [-0.25, -0.2) is 0 Å². The Balaban J connectivity index is 2.38. The van der Waals surface area contributed by atoms with Gasteiger partial charge in [0.25, 0.3) is 0 Å². The number of hydrogen-bond donors (Lipinski definition) is 1. The third kappa shape index (κ3) is 4.11. The van der Waals surface area contributed by atoms with Gasteiger partial charge in [0.1, 0.15) is 0 Å². The Kier molecular flexibility index (Phi) is 4.97. The average molecular weight is 229 g/mol. The number of rotatable bonds is 6. The van der Waals surface area contributed by atoms with Crippen LogP contribution in [0.1, 0.15) is 13.8 Å². The topological polar surface area (TPSA) is 37.8 Å².